The fourth-order valence-electron chi connectivity index (χ4n) is 2.67. The number of aromatic amines is 1. The molecule has 0 spiro atoms. The second-order valence-electron chi connectivity index (χ2n) is 5.10. The lowest BCUT2D eigenvalue weighted by Gasteiger charge is -2.16. The molecule has 0 radical (unpaired) electrons. The summed E-state index contributed by atoms with van der Waals surface area (Å²) in [4.78, 5) is 32.0. The molecule has 3 rings (SSSR count). The second kappa shape index (κ2) is 4.96. The quantitative estimate of drug-likeness (QED) is 0.845. The number of rotatable bonds is 4. The number of aromatic nitrogens is 2. The lowest BCUT2D eigenvalue weighted by Crippen LogP contribution is -2.30. The molecular weight excluding hydrogens is 256 g/mol. The van der Waals surface area contributed by atoms with Gasteiger partial charge < -0.3 is 15.6 Å². The van der Waals surface area contributed by atoms with E-state index < -0.39 is 5.91 Å². The maximum atomic E-state index is 11.8. The van der Waals surface area contributed by atoms with Crippen molar-refractivity contribution in [2.24, 2.45) is 11.7 Å². The van der Waals surface area contributed by atoms with Gasteiger partial charge in [-0.2, -0.15) is 0 Å². The maximum absolute atomic E-state index is 11.8. The number of primary amides is 1. The Morgan fingerprint density at radius 2 is 2.35 bits per heavy atom. The van der Waals surface area contributed by atoms with Gasteiger partial charge in [0.05, 0.1) is 5.92 Å². The number of carbonyl (C=O) groups excluding carboxylic acids is 2. The predicted molar refractivity (Wildman–Crippen MR) is 73.7 cm³/mol. The number of nitrogens with one attached hydrogen (secondary N) is 1. The zero-order valence-corrected chi connectivity index (χ0v) is 11.0. The van der Waals surface area contributed by atoms with Crippen molar-refractivity contribution in [2.75, 3.05) is 13.1 Å². The molecule has 0 saturated carbocycles. The van der Waals surface area contributed by atoms with Crippen LogP contribution in [0.1, 0.15) is 12.0 Å². The number of nitrogens with two attached hydrogens (primary N) is 1. The van der Waals surface area contributed by atoms with E-state index in [-0.39, 0.29) is 18.2 Å². The Hall–Kier alpha value is -2.37. The van der Waals surface area contributed by atoms with Crippen LogP contribution >= 0.6 is 0 Å². The zero-order chi connectivity index (χ0) is 14.1. The first-order valence-corrected chi connectivity index (χ1v) is 6.63. The summed E-state index contributed by atoms with van der Waals surface area (Å²) in [5.41, 5.74) is 7.26. The molecule has 3 heterocycles. The van der Waals surface area contributed by atoms with Crippen LogP contribution in [0.3, 0.4) is 0 Å². The Balaban J connectivity index is 1.69. The van der Waals surface area contributed by atoms with E-state index in [4.69, 9.17) is 5.73 Å². The van der Waals surface area contributed by atoms with Gasteiger partial charge in [0.1, 0.15) is 5.65 Å². The number of hydrogen-bond acceptors (Lipinski definition) is 3. The molecule has 104 valence electrons. The summed E-state index contributed by atoms with van der Waals surface area (Å²) in [6.07, 6.45) is 4.59. The van der Waals surface area contributed by atoms with Gasteiger partial charge >= 0.3 is 0 Å². The number of hydrogen-bond donors (Lipinski definition) is 2. The largest absolute Gasteiger partial charge is 0.369 e. The Bertz CT molecular complexity index is 664. The Morgan fingerprint density at radius 1 is 1.50 bits per heavy atom. The van der Waals surface area contributed by atoms with Gasteiger partial charge in [0, 0.05) is 37.3 Å². The second-order valence-corrected chi connectivity index (χ2v) is 5.10. The van der Waals surface area contributed by atoms with Crippen molar-refractivity contribution in [3.63, 3.8) is 0 Å². The van der Waals surface area contributed by atoms with E-state index in [1.807, 2.05) is 18.3 Å². The molecule has 2 aromatic rings. The van der Waals surface area contributed by atoms with Crippen LogP contribution in [-0.4, -0.2) is 39.8 Å². The van der Waals surface area contributed by atoms with Gasteiger partial charge in [-0.1, -0.05) is 0 Å². The van der Waals surface area contributed by atoms with E-state index in [1.54, 1.807) is 11.1 Å². The summed E-state index contributed by atoms with van der Waals surface area (Å²) < 4.78 is 0. The summed E-state index contributed by atoms with van der Waals surface area (Å²) in [6.45, 7) is 1.04. The third-order valence-corrected chi connectivity index (χ3v) is 3.82. The third-order valence-electron chi connectivity index (χ3n) is 3.82. The highest BCUT2D eigenvalue weighted by molar-refractivity contribution is 5.88. The van der Waals surface area contributed by atoms with Crippen molar-refractivity contribution in [2.45, 2.75) is 12.8 Å². The standard InChI is InChI=1S/C14H16N4O2/c15-13(20)10-7-12(19)18(8-10)6-3-9-1-4-16-14-11(9)2-5-17-14/h1-2,4-5,10H,3,6-8H2,(H2,15,20)(H,16,17). The Morgan fingerprint density at radius 3 is 3.10 bits per heavy atom. The van der Waals surface area contributed by atoms with Gasteiger partial charge in [-0.3, -0.25) is 9.59 Å². The van der Waals surface area contributed by atoms with Crippen molar-refractivity contribution >= 4 is 22.8 Å². The number of carbonyl (C=O) groups is 2. The molecular formula is C14H16N4O2. The summed E-state index contributed by atoms with van der Waals surface area (Å²) in [7, 11) is 0. The molecule has 2 aromatic heterocycles. The lowest BCUT2D eigenvalue weighted by molar-refractivity contribution is -0.128. The normalized spacial score (nSPS) is 18.9. The molecule has 0 aliphatic carbocycles. The van der Waals surface area contributed by atoms with Crippen molar-refractivity contribution in [3.8, 4) is 0 Å². The molecule has 1 atom stereocenters. The number of fused-ring (bicyclic) bond motifs is 1. The maximum Gasteiger partial charge on any atom is 0.223 e. The first-order chi connectivity index (χ1) is 9.65. The minimum atomic E-state index is -0.391. The number of pyridine rings is 1. The van der Waals surface area contributed by atoms with Gasteiger partial charge in [-0.25, -0.2) is 4.98 Å². The molecule has 1 fully saturated rings. The predicted octanol–water partition coefficient (Wildman–Crippen LogP) is 0.439. The Labute approximate surface area is 116 Å². The molecule has 3 N–H and O–H groups in total. The molecule has 1 unspecified atom stereocenters. The molecule has 6 heteroatoms. The van der Waals surface area contributed by atoms with Crippen molar-refractivity contribution in [3.05, 3.63) is 30.1 Å². The summed E-state index contributed by atoms with van der Waals surface area (Å²) in [5.74, 6) is -0.724. The molecule has 0 aromatic carbocycles. The lowest BCUT2D eigenvalue weighted by atomic mass is 10.1. The number of nitrogens with zero attached hydrogens (tertiary/aromatic N) is 2. The van der Waals surface area contributed by atoms with Crippen LogP contribution in [0.2, 0.25) is 0 Å². The number of amides is 2. The molecule has 2 amide bonds. The van der Waals surface area contributed by atoms with E-state index >= 15 is 0 Å². The monoisotopic (exact) mass is 272 g/mol. The van der Waals surface area contributed by atoms with E-state index in [9.17, 15) is 9.59 Å². The number of H-pyrrole nitrogens is 1. The van der Waals surface area contributed by atoms with Crippen LogP contribution in [0.25, 0.3) is 11.0 Å². The highest BCUT2D eigenvalue weighted by Gasteiger charge is 2.32. The average Bonchev–Trinajstić information content (AvgIpc) is 3.03. The molecule has 1 aliphatic rings. The minimum absolute atomic E-state index is 0.00756. The summed E-state index contributed by atoms with van der Waals surface area (Å²) >= 11 is 0. The van der Waals surface area contributed by atoms with Crippen LogP contribution in [0.4, 0.5) is 0 Å². The van der Waals surface area contributed by atoms with Crippen molar-refractivity contribution in [1.29, 1.82) is 0 Å². The van der Waals surface area contributed by atoms with Gasteiger partial charge in [-0.05, 0) is 24.1 Å². The van der Waals surface area contributed by atoms with E-state index in [0.29, 0.717) is 13.1 Å². The van der Waals surface area contributed by atoms with Gasteiger partial charge in [0.2, 0.25) is 11.8 Å². The topological polar surface area (TPSA) is 92.1 Å². The van der Waals surface area contributed by atoms with Crippen molar-refractivity contribution in [1.82, 2.24) is 14.9 Å². The van der Waals surface area contributed by atoms with Crippen LogP contribution in [0.5, 0.6) is 0 Å². The van der Waals surface area contributed by atoms with E-state index in [0.717, 1.165) is 23.0 Å². The fraction of sp³-hybridized carbons (Fsp3) is 0.357. The van der Waals surface area contributed by atoms with Crippen LogP contribution in [-0.2, 0) is 16.0 Å². The smallest absolute Gasteiger partial charge is 0.223 e. The summed E-state index contributed by atoms with van der Waals surface area (Å²) in [6, 6.07) is 3.94. The van der Waals surface area contributed by atoms with Gasteiger partial charge in [0.15, 0.2) is 0 Å². The van der Waals surface area contributed by atoms with E-state index in [1.165, 1.54) is 0 Å². The van der Waals surface area contributed by atoms with Gasteiger partial charge in [0.25, 0.3) is 0 Å². The molecule has 6 nitrogen and oxygen atoms in total. The van der Waals surface area contributed by atoms with Gasteiger partial charge in [-0.15, -0.1) is 0 Å². The van der Waals surface area contributed by atoms with Crippen LogP contribution in [0.15, 0.2) is 24.5 Å². The first-order valence-electron chi connectivity index (χ1n) is 6.63. The molecule has 0 bridgehead atoms. The molecule has 1 saturated heterocycles. The molecule has 1 aliphatic heterocycles. The summed E-state index contributed by atoms with van der Waals surface area (Å²) in [5, 5.41) is 1.07. The van der Waals surface area contributed by atoms with Crippen molar-refractivity contribution < 1.29 is 9.59 Å². The zero-order valence-electron chi connectivity index (χ0n) is 11.0. The average molecular weight is 272 g/mol. The van der Waals surface area contributed by atoms with Crippen LogP contribution < -0.4 is 5.73 Å². The molecule has 20 heavy (non-hydrogen) atoms. The minimum Gasteiger partial charge on any atom is -0.369 e. The highest BCUT2D eigenvalue weighted by Crippen LogP contribution is 2.20. The third kappa shape index (κ3) is 2.24. The number of likely N-dealkylation sites (tertiary alicyclic amines) is 1. The van der Waals surface area contributed by atoms with E-state index in [2.05, 4.69) is 9.97 Å². The Kier molecular flexibility index (Phi) is 3.14. The highest BCUT2D eigenvalue weighted by atomic mass is 16.2. The SMILES string of the molecule is NC(=O)C1CC(=O)N(CCc2ccnc3[nH]ccc23)C1. The first kappa shape index (κ1) is 12.7. The fourth-order valence-corrected chi connectivity index (χ4v) is 2.67. The van der Waals surface area contributed by atoms with Crippen LogP contribution in [0, 0.1) is 5.92 Å².